The van der Waals surface area contributed by atoms with E-state index in [1.165, 1.54) is 30.0 Å². The highest BCUT2D eigenvalue weighted by Crippen LogP contribution is 2.26. The van der Waals surface area contributed by atoms with Crippen LogP contribution in [0.15, 0.2) is 23.4 Å². The number of benzene rings is 1. The summed E-state index contributed by atoms with van der Waals surface area (Å²) in [6.45, 7) is 5.08. The van der Waals surface area contributed by atoms with Gasteiger partial charge in [0.2, 0.25) is 5.91 Å². The van der Waals surface area contributed by atoms with E-state index in [4.69, 9.17) is 11.6 Å². The highest BCUT2D eigenvalue weighted by Gasteiger charge is 2.22. The van der Waals surface area contributed by atoms with Crippen LogP contribution in [0.4, 0.5) is 10.1 Å². The third-order valence-electron chi connectivity index (χ3n) is 4.32. The number of rotatable bonds is 10. The Labute approximate surface area is 174 Å². The first-order chi connectivity index (χ1) is 13.4. The van der Waals surface area contributed by atoms with Crippen molar-refractivity contribution in [2.75, 3.05) is 25.2 Å². The van der Waals surface area contributed by atoms with Crippen LogP contribution < -0.4 is 5.32 Å². The number of unbranched alkanes of at least 4 members (excludes halogenated alkanes) is 1. The number of carbonyl (C=O) groups is 1. The minimum atomic E-state index is -0.517. The zero-order chi connectivity index (χ0) is 20.7. The monoisotopic (exact) mass is 427 g/mol. The molecule has 0 aliphatic rings. The van der Waals surface area contributed by atoms with E-state index in [9.17, 15) is 9.18 Å². The fourth-order valence-electron chi connectivity index (χ4n) is 2.86. The Bertz CT molecular complexity index is 799. The van der Waals surface area contributed by atoms with Gasteiger partial charge in [0.05, 0.1) is 16.8 Å². The third kappa shape index (κ3) is 5.93. The van der Waals surface area contributed by atoms with E-state index in [1.807, 2.05) is 14.1 Å². The Balaban J connectivity index is 2.08. The first-order valence-electron chi connectivity index (χ1n) is 9.34. The maximum absolute atomic E-state index is 13.2. The molecule has 9 heteroatoms. The minimum absolute atomic E-state index is 0.0244. The molecule has 0 fully saturated rings. The van der Waals surface area contributed by atoms with Crippen molar-refractivity contribution in [2.45, 2.75) is 50.9 Å². The lowest BCUT2D eigenvalue weighted by molar-refractivity contribution is -0.113. The molecule has 0 saturated heterocycles. The van der Waals surface area contributed by atoms with E-state index >= 15 is 0 Å². The van der Waals surface area contributed by atoms with Crippen LogP contribution in [0.1, 0.15) is 45.0 Å². The zero-order valence-corrected chi connectivity index (χ0v) is 18.3. The molecule has 2 aromatic rings. The second-order valence-electron chi connectivity index (χ2n) is 6.70. The summed E-state index contributed by atoms with van der Waals surface area (Å²) in [5.41, 5.74) is 0.462. The quantitative estimate of drug-likeness (QED) is 0.561. The summed E-state index contributed by atoms with van der Waals surface area (Å²) in [6, 6.07) is 4.28. The molecule has 0 spiro atoms. The summed E-state index contributed by atoms with van der Waals surface area (Å²) in [7, 11) is 4.06. The molecule has 1 aromatic heterocycles. The molecule has 1 unspecified atom stereocenters. The number of nitrogens with zero attached hydrogens (tertiary/aromatic N) is 4. The highest BCUT2D eigenvalue weighted by molar-refractivity contribution is 7.99. The van der Waals surface area contributed by atoms with Crippen molar-refractivity contribution < 1.29 is 9.18 Å². The lowest BCUT2D eigenvalue weighted by atomic mass is 10.2. The van der Waals surface area contributed by atoms with Gasteiger partial charge in [0.15, 0.2) is 11.0 Å². The maximum Gasteiger partial charge on any atom is 0.234 e. The predicted molar refractivity (Wildman–Crippen MR) is 112 cm³/mol. The number of nitrogens with one attached hydrogen (secondary N) is 1. The molecule has 154 valence electrons. The zero-order valence-electron chi connectivity index (χ0n) is 16.7. The Hall–Kier alpha value is -1.64. The third-order valence-corrected chi connectivity index (χ3v) is 5.58. The molecule has 0 bridgehead atoms. The molecule has 0 aliphatic carbocycles. The number of carbonyl (C=O) groups excluding carboxylic acids is 1. The molecule has 0 radical (unpaired) electrons. The van der Waals surface area contributed by atoms with Crippen LogP contribution >= 0.6 is 23.4 Å². The van der Waals surface area contributed by atoms with Crippen molar-refractivity contribution in [1.82, 2.24) is 19.7 Å². The topological polar surface area (TPSA) is 63.1 Å². The molecule has 1 aromatic carbocycles. The van der Waals surface area contributed by atoms with Crippen LogP contribution in [-0.2, 0) is 11.3 Å². The number of thioether (sulfide) groups is 1. The first kappa shape index (κ1) is 22.6. The predicted octanol–water partition coefficient (Wildman–Crippen LogP) is 4.61. The second-order valence-corrected chi connectivity index (χ2v) is 8.05. The van der Waals surface area contributed by atoms with Crippen molar-refractivity contribution in [3.8, 4) is 0 Å². The maximum atomic E-state index is 13.2. The van der Waals surface area contributed by atoms with Crippen LogP contribution in [0, 0.1) is 5.82 Å². The summed E-state index contributed by atoms with van der Waals surface area (Å²) in [5, 5.41) is 12.2. The molecule has 6 nitrogen and oxygen atoms in total. The molecule has 2 rings (SSSR count). The van der Waals surface area contributed by atoms with Gasteiger partial charge in [0.25, 0.3) is 0 Å². The number of anilines is 1. The van der Waals surface area contributed by atoms with E-state index in [0.29, 0.717) is 5.69 Å². The Morgan fingerprint density at radius 3 is 2.71 bits per heavy atom. The van der Waals surface area contributed by atoms with Crippen LogP contribution in [0.5, 0.6) is 0 Å². The number of halogens is 2. The van der Waals surface area contributed by atoms with Gasteiger partial charge in [-0.2, -0.15) is 0 Å². The summed E-state index contributed by atoms with van der Waals surface area (Å²) in [6.07, 6.45) is 3.00. The van der Waals surface area contributed by atoms with Gasteiger partial charge in [0.1, 0.15) is 5.82 Å². The van der Waals surface area contributed by atoms with E-state index in [2.05, 4.69) is 38.8 Å². The molecular formula is C19H27ClFN5OS. The number of amides is 1. The average molecular weight is 428 g/mol. The summed E-state index contributed by atoms with van der Waals surface area (Å²) in [4.78, 5) is 14.4. The van der Waals surface area contributed by atoms with E-state index in [0.717, 1.165) is 36.8 Å². The molecule has 0 aliphatic heterocycles. The van der Waals surface area contributed by atoms with Crippen molar-refractivity contribution in [3.05, 3.63) is 34.9 Å². The van der Waals surface area contributed by atoms with Gasteiger partial charge in [-0.25, -0.2) is 4.39 Å². The van der Waals surface area contributed by atoms with Gasteiger partial charge < -0.3 is 9.88 Å². The second kappa shape index (κ2) is 10.8. The van der Waals surface area contributed by atoms with Crippen LogP contribution in [0.2, 0.25) is 5.02 Å². The molecule has 1 N–H and O–H groups in total. The van der Waals surface area contributed by atoms with Gasteiger partial charge in [0, 0.05) is 12.2 Å². The molecule has 1 amide bonds. The van der Waals surface area contributed by atoms with Gasteiger partial charge in [-0.1, -0.05) is 43.6 Å². The summed E-state index contributed by atoms with van der Waals surface area (Å²) >= 11 is 7.10. The van der Waals surface area contributed by atoms with Crippen molar-refractivity contribution >= 4 is 35.0 Å². The smallest absolute Gasteiger partial charge is 0.234 e. The number of aromatic nitrogens is 3. The standard InChI is InChI=1S/C19H27ClFN5OS/c1-5-7-10-26-18(16(6-2)25(3)4)23-24-19(26)28-12-17(27)22-13-8-9-15(21)14(20)11-13/h8-9,11,16H,5-7,10,12H2,1-4H3,(H,22,27). The van der Waals surface area contributed by atoms with Crippen molar-refractivity contribution in [3.63, 3.8) is 0 Å². The summed E-state index contributed by atoms with van der Waals surface area (Å²) < 4.78 is 15.4. The van der Waals surface area contributed by atoms with Gasteiger partial charge >= 0.3 is 0 Å². The molecule has 1 heterocycles. The lowest BCUT2D eigenvalue weighted by Gasteiger charge is -2.23. The number of hydrogen-bond acceptors (Lipinski definition) is 5. The fraction of sp³-hybridized carbons (Fsp3) is 0.526. The molecule has 0 saturated carbocycles. The number of hydrogen-bond donors (Lipinski definition) is 1. The van der Waals surface area contributed by atoms with Crippen LogP contribution in [0.25, 0.3) is 0 Å². The fourth-order valence-corrected chi connectivity index (χ4v) is 3.81. The largest absolute Gasteiger partial charge is 0.325 e. The Morgan fingerprint density at radius 1 is 1.36 bits per heavy atom. The van der Waals surface area contributed by atoms with E-state index in [-0.39, 0.29) is 22.7 Å². The van der Waals surface area contributed by atoms with Crippen LogP contribution in [0.3, 0.4) is 0 Å². The Kier molecular flexibility index (Phi) is 8.72. The first-order valence-corrected chi connectivity index (χ1v) is 10.7. The van der Waals surface area contributed by atoms with Crippen LogP contribution in [-0.4, -0.2) is 45.4 Å². The van der Waals surface area contributed by atoms with Crippen molar-refractivity contribution in [1.29, 1.82) is 0 Å². The normalized spacial score (nSPS) is 12.4. The average Bonchev–Trinajstić information content (AvgIpc) is 3.04. The summed E-state index contributed by atoms with van der Waals surface area (Å²) in [5.74, 6) is 0.378. The minimum Gasteiger partial charge on any atom is -0.325 e. The Morgan fingerprint density at radius 2 is 2.11 bits per heavy atom. The highest BCUT2D eigenvalue weighted by atomic mass is 35.5. The van der Waals surface area contributed by atoms with Crippen molar-refractivity contribution in [2.24, 2.45) is 0 Å². The van der Waals surface area contributed by atoms with Gasteiger partial charge in [-0.15, -0.1) is 10.2 Å². The molecule has 28 heavy (non-hydrogen) atoms. The van der Waals surface area contributed by atoms with Gasteiger partial charge in [-0.3, -0.25) is 9.69 Å². The SMILES string of the molecule is CCCCn1c(SCC(=O)Nc2ccc(F)c(Cl)c2)nnc1C(CC)N(C)C. The molecular weight excluding hydrogens is 401 g/mol. The van der Waals surface area contributed by atoms with Gasteiger partial charge in [-0.05, 0) is 45.1 Å². The van der Waals surface area contributed by atoms with E-state index < -0.39 is 5.82 Å². The van der Waals surface area contributed by atoms with E-state index in [1.54, 1.807) is 0 Å². The lowest BCUT2D eigenvalue weighted by Crippen LogP contribution is -2.23. The molecule has 1 atom stereocenters.